The van der Waals surface area contributed by atoms with Crippen LogP contribution in [0.3, 0.4) is 0 Å². The highest BCUT2D eigenvalue weighted by molar-refractivity contribution is 8.01. The second-order valence-corrected chi connectivity index (χ2v) is 6.75. The summed E-state index contributed by atoms with van der Waals surface area (Å²) in [5.74, 6) is 1.02. The molecule has 2 fully saturated rings. The average molecular weight is 279 g/mol. The highest BCUT2D eigenvalue weighted by Crippen LogP contribution is 2.46. The first-order chi connectivity index (χ1) is 9.12. The molecule has 0 aromatic carbocycles. The van der Waals surface area contributed by atoms with Gasteiger partial charge in [0.15, 0.2) is 0 Å². The molecule has 19 heavy (non-hydrogen) atoms. The zero-order chi connectivity index (χ0) is 13.5. The fraction of sp³-hybridized carbons (Fsp3) is 0.615. The highest BCUT2D eigenvalue weighted by atomic mass is 32.2. The molecule has 0 radical (unpaired) electrons. The van der Waals surface area contributed by atoms with Crippen LogP contribution in [0, 0.1) is 6.92 Å². The van der Waals surface area contributed by atoms with Gasteiger partial charge in [0, 0.05) is 32.1 Å². The molecule has 1 atom stereocenters. The molecule has 0 saturated carbocycles. The minimum Gasteiger partial charge on any atom is -0.381 e. The fourth-order valence-corrected chi connectivity index (χ4v) is 4.22. The van der Waals surface area contributed by atoms with E-state index in [0.29, 0.717) is 11.8 Å². The van der Waals surface area contributed by atoms with E-state index in [1.54, 1.807) is 19.5 Å². The van der Waals surface area contributed by atoms with Crippen molar-refractivity contribution in [2.24, 2.45) is 0 Å². The third-order valence-electron chi connectivity index (χ3n) is 3.75. The third kappa shape index (κ3) is 2.34. The fourth-order valence-electron chi connectivity index (χ4n) is 2.63. The largest absolute Gasteiger partial charge is 0.381 e. The van der Waals surface area contributed by atoms with Gasteiger partial charge >= 0.3 is 0 Å². The summed E-state index contributed by atoms with van der Waals surface area (Å²) in [6.45, 7) is 3.46. The van der Waals surface area contributed by atoms with Crippen molar-refractivity contribution in [3.63, 3.8) is 0 Å². The first-order valence-electron chi connectivity index (χ1n) is 6.37. The molecule has 1 aromatic heterocycles. The molecule has 2 aliphatic heterocycles. The van der Waals surface area contributed by atoms with Gasteiger partial charge in [-0.1, -0.05) is 0 Å². The number of nitrogens with zero attached hydrogens (tertiary/aromatic N) is 3. The van der Waals surface area contributed by atoms with Gasteiger partial charge < -0.3 is 9.64 Å². The average Bonchev–Trinajstić information content (AvgIpc) is 2.81. The monoisotopic (exact) mass is 279 g/mol. The van der Waals surface area contributed by atoms with Crippen LogP contribution in [-0.2, 0) is 4.74 Å². The molecule has 3 heterocycles. The highest BCUT2D eigenvalue weighted by Gasteiger charge is 2.50. The maximum absolute atomic E-state index is 12.2. The number of thioether (sulfide) groups is 1. The van der Waals surface area contributed by atoms with Crippen molar-refractivity contribution in [3.8, 4) is 0 Å². The normalized spacial score (nSPS) is 24.5. The van der Waals surface area contributed by atoms with E-state index in [9.17, 15) is 4.79 Å². The zero-order valence-electron chi connectivity index (χ0n) is 11.1. The number of carbonyl (C=O) groups excluding carboxylic acids is 1. The molecular formula is C13H17N3O2S. The molecule has 3 rings (SSSR count). The number of aryl methyl sites for hydroxylation is 1. The molecule has 0 bridgehead atoms. The van der Waals surface area contributed by atoms with E-state index in [1.165, 1.54) is 0 Å². The third-order valence-corrected chi connectivity index (χ3v) is 5.33. The molecule has 1 aromatic rings. The van der Waals surface area contributed by atoms with Crippen molar-refractivity contribution < 1.29 is 9.53 Å². The summed E-state index contributed by atoms with van der Waals surface area (Å²) in [7, 11) is 1.76. The zero-order valence-corrected chi connectivity index (χ0v) is 11.9. The van der Waals surface area contributed by atoms with E-state index in [2.05, 4.69) is 9.97 Å². The van der Waals surface area contributed by atoms with Crippen LogP contribution >= 0.6 is 11.8 Å². The van der Waals surface area contributed by atoms with Gasteiger partial charge in [-0.15, -0.1) is 11.8 Å². The van der Waals surface area contributed by atoms with Gasteiger partial charge in [0.25, 0.3) is 5.91 Å². The number of amides is 1. The quantitative estimate of drug-likeness (QED) is 0.812. The van der Waals surface area contributed by atoms with Crippen molar-refractivity contribution in [2.75, 3.05) is 26.0 Å². The summed E-state index contributed by atoms with van der Waals surface area (Å²) in [6.07, 6.45) is 4.56. The van der Waals surface area contributed by atoms with Crippen molar-refractivity contribution in [2.45, 2.75) is 24.2 Å². The Bertz CT molecular complexity index is 485. The summed E-state index contributed by atoms with van der Waals surface area (Å²) in [5, 5.41) is 0. The lowest BCUT2D eigenvalue weighted by atomic mass is 9.92. The number of hydrogen-bond donors (Lipinski definition) is 0. The Kier molecular flexibility index (Phi) is 3.22. The van der Waals surface area contributed by atoms with Crippen LogP contribution in [-0.4, -0.2) is 57.6 Å². The van der Waals surface area contributed by atoms with E-state index in [4.69, 9.17) is 4.74 Å². The van der Waals surface area contributed by atoms with Crippen molar-refractivity contribution in [3.05, 3.63) is 23.8 Å². The Morgan fingerprint density at radius 1 is 1.47 bits per heavy atom. The molecule has 6 heteroatoms. The maximum Gasteiger partial charge on any atom is 0.274 e. The number of likely N-dealkylation sites (tertiary alicyclic amines) is 1. The van der Waals surface area contributed by atoms with Gasteiger partial charge in [0.1, 0.15) is 5.69 Å². The molecule has 1 unspecified atom stereocenters. The van der Waals surface area contributed by atoms with E-state index < -0.39 is 0 Å². The number of aromatic nitrogens is 2. The van der Waals surface area contributed by atoms with Crippen LogP contribution in [0.4, 0.5) is 0 Å². The molecule has 1 spiro atoms. The Morgan fingerprint density at radius 3 is 2.84 bits per heavy atom. The van der Waals surface area contributed by atoms with Crippen LogP contribution in [0.1, 0.15) is 22.6 Å². The van der Waals surface area contributed by atoms with Gasteiger partial charge in [-0.2, -0.15) is 0 Å². The summed E-state index contributed by atoms with van der Waals surface area (Å²) >= 11 is 1.93. The Morgan fingerprint density at radius 2 is 2.26 bits per heavy atom. The van der Waals surface area contributed by atoms with Crippen molar-refractivity contribution in [1.82, 2.24) is 14.9 Å². The first-order valence-corrected chi connectivity index (χ1v) is 7.35. The van der Waals surface area contributed by atoms with Gasteiger partial charge in [0.2, 0.25) is 0 Å². The van der Waals surface area contributed by atoms with Crippen LogP contribution < -0.4 is 0 Å². The second-order valence-electron chi connectivity index (χ2n) is 5.26. The lowest BCUT2D eigenvalue weighted by Gasteiger charge is -2.47. The van der Waals surface area contributed by atoms with Crippen molar-refractivity contribution >= 4 is 17.7 Å². The van der Waals surface area contributed by atoms with Gasteiger partial charge in [-0.05, 0) is 13.3 Å². The predicted octanol–water partition coefficient (Wildman–Crippen LogP) is 1.13. The molecular weight excluding hydrogens is 262 g/mol. The predicted molar refractivity (Wildman–Crippen MR) is 73.3 cm³/mol. The van der Waals surface area contributed by atoms with E-state index >= 15 is 0 Å². The van der Waals surface area contributed by atoms with E-state index in [-0.39, 0.29) is 10.7 Å². The molecule has 0 N–H and O–H groups in total. The smallest absolute Gasteiger partial charge is 0.274 e. The number of carbonyl (C=O) groups is 1. The molecule has 2 saturated heterocycles. The summed E-state index contributed by atoms with van der Waals surface area (Å²) in [4.78, 5) is 22.3. The lowest BCUT2D eigenvalue weighted by Crippen LogP contribution is -2.60. The Labute approximate surface area is 116 Å². The molecule has 2 aliphatic rings. The van der Waals surface area contributed by atoms with Gasteiger partial charge in [0.05, 0.1) is 22.7 Å². The number of ether oxygens (including phenoxy) is 1. The van der Waals surface area contributed by atoms with Crippen LogP contribution in [0.2, 0.25) is 0 Å². The number of hydrogen-bond acceptors (Lipinski definition) is 5. The second kappa shape index (κ2) is 4.76. The van der Waals surface area contributed by atoms with Crippen LogP contribution in [0.15, 0.2) is 12.4 Å². The number of methoxy groups -OCH3 is 1. The minimum absolute atomic E-state index is 0.0143. The molecule has 5 nitrogen and oxygen atoms in total. The van der Waals surface area contributed by atoms with Crippen molar-refractivity contribution in [1.29, 1.82) is 0 Å². The molecule has 1 amide bonds. The minimum atomic E-state index is -0.0143. The van der Waals surface area contributed by atoms with Crippen LogP contribution in [0.25, 0.3) is 0 Å². The number of rotatable bonds is 2. The summed E-state index contributed by atoms with van der Waals surface area (Å²) < 4.78 is 5.61. The summed E-state index contributed by atoms with van der Waals surface area (Å²) in [6, 6.07) is 0. The lowest BCUT2D eigenvalue weighted by molar-refractivity contribution is 0.0446. The molecule has 0 aliphatic carbocycles. The van der Waals surface area contributed by atoms with Gasteiger partial charge in [-0.3, -0.25) is 9.78 Å². The standard InChI is InChI=1S/C13H17N3O2S/c1-9-4-15-11(5-14-9)12(17)16-7-13(8-16)3-10(18-2)6-19-13/h4-5,10H,3,6-8H2,1-2H3. The Balaban J connectivity index is 1.61. The van der Waals surface area contributed by atoms with Crippen LogP contribution in [0.5, 0.6) is 0 Å². The van der Waals surface area contributed by atoms with E-state index in [0.717, 1.165) is 31.0 Å². The molecule has 102 valence electrons. The SMILES string of the molecule is COC1CSC2(C1)CN(C(=O)c1cnc(C)cn1)C2. The topological polar surface area (TPSA) is 55.3 Å². The maximum atomic E-state index is 12.2. The first kappa shape index (κ1) is 12.9. The van der Waals surface area contributed by atoms with E-state index in [1.807, 2.05) is 23.6 Å². The van der Waals surface area contributed by atoms with Gasteiger partial charge in [-0.25, -0.2) is 4.98 Å². The Hall–Kier alpha value is -1.14. The summed E-state index contributed by atoms with van der Waals surface area (Å²) in [5.41, 5.74) is 1.26.